The number of carbonyl (C=O) groups is 6. The molecule has 18 nitrogen and oxygen atoms in total. The van der Waals surface area contributed by atoms with Crippen LogP contribution >= 0.6 is 0 Å². The molecule has 1 aromatic heterocycles. The number of aromatic nitrogens is 1. The molecule has 1 saturated heterocycles. The van der Waals surface area contributed by atoms with Crippen molar-refractivity contribution in [2.24, 2.45) is 28.1 Å². The number of hydrogen-bond donors (Lipinski definition) is 10. The molecule has 0 bridgehead atoms. The number of H-pyrrole nitrogens is 1. The van der Waals surface area contributed by atoms with Crippen LogP contribution in [0.4, 0.5) is 0 Å². The first-order valence-corrected chi connectivity index (χ1v) is 23.1. The number of carbonyl (C=O) groups excluding carboxylic acids is 5. The third kappa shape index (κ3) is 15.0. The number of aliphatic carboxylic acids is 1. The Kier molecular flexibility index (Phi) is 19.6. The van der Waals surface area contributed by atoms with Crippen molar-refractivity contribution in [3.63, 3.8) is 0 Å². The fourth-order valence-corrected chi connectivity index (χ4v) is 8.99. The average molecular weight is 900 g/mol. The first kappa shape index (κ1) is 50.0. The van der Waals surface area contributed by atoms with E-state index in [0.29, 0.717) is 58.0 Å². The number of nitrogens with zero attached hydrogens (tertiary/aromatic N) is 2. The second-order valence-corrected chi connectivity index (χ2v) is 17.3. The highest BCUT2D eigenvalue weighted by molar-refractivity contribution is 5.97. The highest BCUT2D eigenvalue weighted by atomic mass is 16.4. The lowest BCUT2D eigenvalue weighted by Gasteiger charge is -2.32. The molecule has 5 rings (SSSR count). The number of likely N-dealkylation sites (N-methyl/N-ethyl adjacent to an activating group) is 1. The monoisotopic (exact) mass is 900 g/mol. The van der Waals surface area contributed by atoms with Gasteiger partial charge in [-0.25, -0.2) is 4.79 Å². The fourth-order valence-electron chi connectivity index (χ4n) is 8.99. The van der Waals surface area contributed by atoms with Crippen molar-refractivity contribution >= 4 is 52.4 Å². The van der Waals surface area contributed by atoms with E-state index < -0.39 is 59.9 Å². The molecular weight excluding hydrogens is 831 g/mol. The molecule has 0 radical (unpaired) electrons. The summed E-state index contributed by atoms with van der Waals surface area (Å²) in [6.07, 6.45) is 10.1. The molecule has 65 heavy (non-hydrogen) atoms. The summed E-state index contributed by atoms with van der Waals surface area (Å²) < 4.78 is 0. The highest BCUT2D eigenvalue weighted by Crippen LogP contribution is 2.28. The van der Waals surface area contributed by atoms with Gasteiger partial charge in [0.25, 0.3) is 0 Å². The first-order valence-electron chi connectivity index (χ1n) is 23.1. The maximum absolute atomic E-state index is 14.6. The van der Waals surface area contributed by atoms with Gasteiger partial charge in [-0.05, 0) is 94.5 Å². The Hall–Kier alpha value is -6.01. The highest BCUT2D eigenvalue weighted by Gasteiger charge is 2.40. The molecule has 5 amide bonds. The van der Waals surface area contributed by atoms with Crippen LogP contribution in [0, 0.1) is 5.92 Å². The SMILES string of the molecule is CN[C@@H](Cc1ccccc1)C(=O)N[C@@H](CCCCN)C(=O)N1CCC[C@H]1C(=O)N[C@H](CC1CCCCC1)C(=O)N[C@H](Cc1c[nH]c2ccccc12)C(=O)N[C@H](CCCN=C(N)N)C(=O)O. The van der Waals surface area contributed by atoms with Crippen molar-refractivity contribution in [2.75, 3.05) is 26.7 Å². The molecule has 0 spiro atoms. The summed E-state index contributed by atoms with van der Waals surface area (Å²) in [4.78, 5) is 92.1. The molecule has 2 aromatic carbocycles. The Morgan fingerprint density at radius 3 is 2.12 bits per heavy atom. The van der Waals surface area contributed by atoms with Crippen molar-refractivity contribution in [1.82, 2.24) is 36.5 Å². The Morgan fingerprint density at radius 2 is 1.42 bits per heavy atom. The van der Waals surface area contributed by atoms with Crippen molar-refractivity contribution < 1.29 is 33.9 Å². The van der Waals surface area contributed by atoms with Gasteiger partial charge in [0.2, 0.25) is 29.5 Å². The number of carboxylic acids is 1. The average Bonchev–Trinajstić information content (AvgIpc) is 3.97. The third-order valence-electron chi connectivity index (χ3n) is 12.6. The van der Waals surface area contributed by atoms with Crippen LogP contribution in [0.15, 0.2) is 65.8 Å². The quantitative estimate of drug-likeness (QED) is 0.0332. The summed E-state index contributed by atoms with van der Waals surface area (Å²) in [7, 11) is 1.70. The second-order valence-electron chi connectivity index (χ2n) is 17.3. The van der Waals surface area contributed by atoms with Gasteiger partial charge >= 0.3 is 5.97 Å². The van der Waals surface area contributed by atoms with Gasteiger partial charge in [-0.3, -0.25) is 29.0 Å². The zero-order valence-corrected chi connectivity index (χ0v) is 37.6. The summed E-state index contributed by atoms with van der Waals surface area (Å²) in [6.45, 7) is 0.883. The summed E-state index contributed by atoms with van der Waals surface area (Å²) in [6, 6.07) is 11.1. The van der Waals surface area contributed by atoms with E-state index >= 15 is 0 Å². The van der Waals surface area contributed by atoms with Crippen LogP contribution in [-0.2, 0) is 41.6 Å². The van der Waals surface area contributed by atoms with Crippen LogP contribution in [-0.4, -0.2) is 119 Å². The van der Waals surface area contributed by atoms with E-state index in [4.69, 9.17) is 17.2 Å². The van der Waals surface area contributed by atoms with E-state index in [1.54, 1.807) is 13.2 Å². The molecule has 6 atom stereocenters. The van der Waals surface area contributed by atoms with Gasteiger partial charge < -0.3 is 58.8 Å². The Labute approximate surface area is 381 Å². The van der Waals surface area contributed by atoms with E-state index in [9.17, 15) is 33.9 Å². The minimum Gasteiger partial charge on any atom is -0.480 e. The smallest absolute Gasteiger partial charge is 0.326 e. The molecule has 3 aromatic rings. The number of amides is 5. The summed E-state index contributed by atoms with van der Waals surface area (Å²) in [5.74, 6) is -3.77. The lowest BCUT2D eigenvalue weighted by molar-refractivity contribution is -0.143. The van der Waals surface area contributed by atoms with Crippen LogP contribution < -0.4 is 43.8 Å². The Bertz CT molecular complexity index is 2070. The molecule has 2 heterocycles. The Balaban J connectivity index is 1.35. The maximum Gasteiger partial charge on any atom is 0.326 e. The van der Waals surface area contributed by atoms with Crippen LogP contribution in [0.2, 0.25) is 0 Å². The van der Waals surface area contributed by atoms with Crippen molar-refractivity contribution in [3.8, 4) is 0 Å². The number of aromatic amines is 1. The molecule has 354 valence electrons. The number of rotatable bonds is 25. The molecule has 1 saturated carbocycles. The second kappa shape index (κ2) is 25.5. The zero-order chi connectivity index (χ0) is 46.7. The predicted octanol–water partition coefficient (Wildman–Crippen LogP) is 1.71. The number of fused-ring (bicyclic) bond motifs is 1. The summed E-state index contributed by atoms with van der Waals surface area (Å²) >= 11 is 0. The largest absolute Gasteiger partial charge is 0.480 e. The number of nitrogens with one attached hydrogen (secondary N) is 6. The van der Waals surface area contributed by atoms with E-state index in [0.717, 1.165) is 54.1 Å². The predicted molar refractivity (Wildman–Crippen MR) is 249 cm³/mol. The number of aliphatic imine (C=N–C) groups is 1. The van der Waals surface area contributed by atoms with Gasteiger partial charge in [0.1, 0.15) is 30.2 Å². The number of guanidine groups is 1. The number of carboxylic acid groups (broad SMARTS) is 1. The minimum atomic E-state index is -1.29. The molecule has 1 aliphatic heterocycles. The number of para-hydroxylation sites is 1. The van der Waals surface area contributed by atoms with E-state index in [2.05, 4.69) is 36.6 Å². The molecule has 1 aliphatic carbocycles. The lowest BCUT2D eigenvalue weighted by Crippen LogP contribution is -2.59. The molecule has 18 heteroatoms. The fraction of sp³-hybridized carbons (Fsp3) is 0.553. The third-order valence-corrected chi connectivity index (χ3v) is 12.6. The van der Waals surface area contributed by atoms with Gasteiger partial charge in [0, 0.05) is 36.6 Å². The van der Waals surface area contributed by atoms with Gasteiger partial charge in [0.05, 0.1) is 6.04 Å². The summed E-state index contributed by atoms with van der Waals surface area (Å²) in [5.41, 5.74) is 19.2. The Morgan fingerprint density at radius 1 is 0.754 bits per heavy atom. The maximum atomic E-state index is 14.6. The van der Waals surface area contributed by atoms with Crippen LogP contribution in [0.3, 0.4) is 0 Å². The van der Waals surface area contributed by atoms with E-state index in [-0.39, 0.29) is 49.5 Å². The number of hydrogen-bond acceptors (Lipinski definition) is 9. The topological polar surface area (TPSA) is 292 Å². The normalized spacial score (nSPS) is 17.6. The van der Waals surface area contributed by atoms with Crippen LogP contribution in [0.1, 0.15) is 94.6 Å². The number of likely N-dealkylation sites (tertiary alicyclic amines) is 1. The van der Waals surface area contributed by atoms with Crippen LogP contribution in [0.5, 0.6) is 0 Å². The summed E-state index contributed by atoms with van der Waals surface area (Å²) in [5, 5.41) is 25.4. The number of unbranched alkanes of at least 4 members (excludes halogenated alkanes) is 1. The van der Waals surface area contributed by atoms with Crippen molar-refractivity contribution in [3.05, 3.63) is 71.9 Å². The zero-order valence-electron chi connectivity index (χ0n) is 37.6. The van der Waals surface area contributed by atoms with Crippen molar-refractivity contribution in [2.45, 2.75) is 133 Å². The van der Waals surface area contributed by atoms with Gasteiger partial charge in [-0.15, -0.1) is 0 Å². The van der Waals surface area contributed by atoms with Crippen molar-refractivity contribution in [1.29, 1.82) is 0 Å². The van der Waals surface area contributed by atoms with Gasteiger partial charge in [0.15, 0.2) is 5.96 Å². The lowest BCUT2D eigenvalue weighted by atomic mass is 9.84. The van der Waals surface area contributed by atoms with E-state index in [1.165, 1.54) is 4.90 Å². The van der Waals surface area contributed by atoms with Crippen LogP contribution in [0.25, 0.3) is 10.9 Å². The molecule has 2 aliphatic rings. The molecule has 13 N–H and O–H groups in total. The van der Waals surface area contributed by atoms with Gasteiger partial charge in [-0.2, -0.15) is 0 Å². The molecule has 2 fully saturated rings. The molecule has 0 unspecified atom stereocenters. The number of nitrogens with two attached hydrogens (primary N) is 3. The molecular formula is C47H69N11O7. The number of benzene rings is 2. The minimum absolute atomic E-state index is 0.0218. The standard InChI is InChI=1S/C47H69N11O7/c1-51-37(26-30-14-4-2-5-15-30)41(59)54-35(20-10-11-23-48)45(63)58-25-13-22-40(58)44(62)57-38(27-31-16-6-3-7-17-31)42(60)56-39(28-32-29-53-34-19-9-8-18-33(32)34)43(61)55-36(46(64)65)21-12-24-52-47(49)50/h2,4-5,8-9,14-15,18-19,29,31,35-40,51,53H,3,6-7,10-13,16-17,20-28,48H2,1H3,(H,54,59)(H,55,61)(H,56,60)(H,57,62)(H,64,65)(H4,49,50,52)/t35-,36+,37-,38+,39+,40-/m0/s1. The van der Waals surface area contributed by atoms with Gasteiger partial charge in [-0.1, -0.05) is 80.6 Å². The first-order chi connectivity index (χ1) is 31.4. The van der Waals surface area contributed by atoms with E-state index in [1.807, 2.05) is 54.6 Å².